The van der Waals surface area contributed by atoms with Crippen LogP contribution in [0.4, 0.5) is 5.69 Å². The monoisotopic (exact) mass is 280 g/mol. The highest BCUT2D eigenvalue weighted by atomic mass is 16.5. The molecular weight excluding hydrogens is 260 g/mol. The summed E-state index contributed by atoms with van der Waals surface area (Å²) in [5.74, 6) is 0.917. The Labute approximate surface area is 125 Å². The number of hydrogen-bond acceptors (Lipinski definition) is 2. The van der Waals surface area contributed by atoms with E-state index < -0.39 is 0 Å². The predicted molar refractivity (Wildman–Crippen MR) is 87.9 cm³/mol. The van der Waals surface area contributed by atoms with Gasteiger partial charge in [0, 0.05) is 23.6 Å². The minimum atomic E-state index is 0.742. The van der Waals surface area contributed by atoms with Crippen molar-refractivity contribution >= 4 is 16.6 Å². The van der Waals surface area contributed by atoms with E-state index in [2.05, 4.69) is 47.6 Å². The van der Waals surface area contributed by atoms with Crippen LogP contribution in [0.25, 0.3) is 10.9 Å². The topological polar surface area (TPSA) is 37.0 Å². The van der Waals surface area contributed by atoms with Crippen molar-refractivity contribution in [3.63, 3.8) is 0 Å². The van der Waals surface area contributed by atoms with Crippen LogP contribution < -0.4 is 10.1 Å². The van der Waals surface area contributed by atoms with Crippen LogP contribution in [0, 0.1) is 0 Å². The molecule has 0 aliphatic heterocycles. The van der Waals surface area contributed by atoms with Crippen molar-refractivity contribution in [1.29, 1.82) is 0 Å². The van der Waals surface area contributed by atoms with Gasteiger partial charge < -0.3 is 15.0 Å². The Morgan fingerprint density at radius 2 is 1.95 bits per heavy atom. The minimum absolute atomic E-state index is 0.742. The molecule has 0 atom stereocenters. The SMILES string of the molecule is CCCOc1ccccc1NCc1cccc2[nH]ccc12. The zero-order valence-corrected chi connectivity index (χ0v) is 12.2. The van der Waals surface area contributed by atoms with E-state index in [9.17, 15) is 0 Å². The minimum Gasteiger partial charge on any atom is -0.491 e. The first-order valence-corrected chi connectivity index (χ1v) is 7.39. The number of aromatic nitrogens is 1. The fourth-order valence-electron chi connectivity index (χ4n) is 2.45. The van der Waals surface area contributed by atoms with Crippen LogP contribution in [-0.4, -0.2) is 11.6 Å². The van der Waals surface area contributed by atoms with Gasteiger partial charge in [-0.3, -0.25) is 0 Å². The van der Waals surface area contributed by atoms with Crippen LogP contribution in [0.3, 0.4) is 0 Å². The molecule has 0 saturated heterocycles. The third-order valence-corrected chi connectivity index (χ3v) is 3.50. The molecule has 1 heterocycles. The fourth-order valence-corrected chi connectivity index (χ4v) is 2.45. The summed E-state index contributed by atoms with van der Waals surface area (Å²) in [5.41, 5.74) is 3.49. The summed E-state index contributed by atoms with van der Waals surface area (Å²) in [4.78, 5) is 3.24. The van der Waals surface area contributed by atoms with Gasteiger partial charge in [0.1, 0.15) is 5.75 Å². The van der Waals surface area contributed by atoms with Gasteiger partial charge in [-0.1, -0.05) is 31.2 Å². The van der Waals surface area contributed by atoms with Gasteiger partial charge in [0.15, 0.2) is 0 Å². The number of ether oxygens (including phenoxy) is 1. The number of aromatic amines is 1. The smallest absolute Gasteiger partial charge is 0.142 e. The lowest BCUT2D eigenvalue weighted by atomic mass is 10.1. The summed E-state index contributed by atoms with van der Waals surface area (Å²) in [7, 11) is 0. The Bertz CT molecular complexity index is 718. The van der Waals surface area contributed by atoms with Crippen molar-refractivity contribution in [2.45, 2.75) is 19.9 Å². The van der Waals surface area contributed by atoms with Crippen LogP contribution in [-0.2, 0) is 6.54 Å². The Morgan fingerprint density at radius 1 is 1.05 bits per heavy atom. The number of para-hydroxylation sites is 2. The van der Waals surface area contributed by atoms with Gasteiger partial charge in [0.25, 0.3) is 0 Å². The van der Waals surface area contributed by atoms with Crippen molar-refractivity contribution in [3.8, 4) is 5.75 Å². The van der Waals surface area contributed by atoms with Gasteiger partial charge in [-0.25, -0.2) is 0 Å². The van der Waals surface area contributed by atoms with E-state index in [0.717, 1.165) is 31.0 Å². The number of benzene rings is 2. The quantitative estimate of drug-likeness (QED) is 0.694. The lowest BCUT2D eigenvalue weighted by molar-refractivity contribution is 0.319. The Kier molecular flexibility index (Phi) is 4.10. The lowest BCUT2D eigenvalue weighted by Gasteiger charge is -2.13. The van der Waals surface area contributed by atoms with Gasteiger partial charge in [0.05, 0.1) is 12.3 Å². The van der Waals surface area contributed by atoms with Crippen LogP contribution in [0.2, 0.25) is 0 Å². The van der Waals surface area contributed by atoms with Gasteiger partial charge >= 0.3 is 0 Å². The molecule has 0 aliphatic rings. The molecule has 2 N–H and O–H groups in total. The molecule has 0 amide bonds. The molecule has 3 nitrogen and oxygen atoms in total. The highest BCUT2D eigenvalue weighted by molar-refractivity contribution is 5.83. The Hall–Kier alpha value is -2.42. The summed E-state index contributed by atoms with van der Waals surface area (Å²) in [6, 6.07) is 16.5. The summed E-state index contributed by atoms with van der Waals surface area (Å²) >= 11 is 0. The van der Waals surface area contributed by atoms with E-state index in [-0.39, 0.29) is 0 Å². The zero-order valence-electron chi connectivity index (χ0n) is 12.2. The predicted octanol–water partition coefficient (Wildman–Crippen LogP) is 4.57. The normalized spacial score (nSPS) is 10.7. The van der Waals surface area contributed by atoms with Crippen molar-refractivity contribution < 1.29 is 4.74 Å². The average Bonchev–Trinajstić information content (AvgIpc) is 3.01. The second kappa shape index (κ2) is 6.35. The molecule has 3 heteroatoms. The molecule has 3 rings (SSSR count). The molecule has 21 heavy (non-hydrogen) atoms. The maximum Gasteiger partial charge on any atom is 0.142 e. The first-order chi connectivity index (χ1) is 10.4. The van der Waals surface area contributed by atoms with E-state index >= 15 is 0 Å². The van der Waals surface area contributed by atoms with Crippen molar-refractivity contribution in [2.75, 3.05) is 11.9 Å². The Morgan fingerprint density at radius 3 is 2.86 bits per heavy atom. The van der Waals surface area contributed by atoms with Crippen molar-refractivity contribution in [1.82, 2.24) is 4.98 Å². The van der Waals surface area contributed by atoms with E-state index in [1.165, 1.54) is 16.5 Å². The molecule has 0 spiro atoms. The molecule has 0 radical (unpaired) electrons. The van der Waals surface area contributed by atoms with Crippen LogP contribution >= 0.6 is 0 Å². The molecule has 2 aromatic carbocycles. The summed E-state index contributed by atoms with van der Waals surface area (Å²) < 4.78 is 5.78. The molecule has 3 aromatic rings. The number of fused-ring (bicyclic) bond motifs is 1. The molecular formula is C18H20N2O. The lowest BCUT2D eigenvalue weighted by Crippen LogP contribution is -2.03. The van der Waals surface area contributed by atoms with E-state index in [1.807, 2.05) is 24.4 Å². The number of H-pyrrole nitrogens is 1. The number of hydrogen-bond donors (Lipinski definition) is 2. The third-order valence-electron chi connectivity index (χ3n) is 3.50. The van der Waals surface area contributed by atoms with Crippen molar-refractivity contribution in [2.24, 2.45) is 0 Å². The number of anilines is 1. The van der Waals surface area contributed by atoms with Crippen molar-refractivity contribution in [3.05, 3.63) is 60.3 Å². The van der Waals surface area contributed by atoms with Gasteiger partial charge in [-0.2, -0.15) is 0 Å². The largest absolute Gasteiger partial charge is 0.491 e. The maximum atomic E-state index is 5.78. The number of nitrogens with one attached hydrogen (secondary N) is 2. The van der Waals surface area contributed by atoms with Gasteiger partial charge in [-0.15, -0.1) is 0 Å². The first-order valence-electron chi connectivity index (χ1n) is 7.39. The standard InChI is InChI=1S/C18H20N2O/c1-2-12-21-18-9-4-3-7-17(18)20-13-14-6-5-8-16-15(14)10-11-19-16/h3-11,19-20H,2,12-13H2,1H3. The Balaban J connectivity index is 1.77. The second-order valence-corrected chi connectivity index (χ2v) is 5.05. The zero-order chi connectivity index (χ0) is 14.5. The fraction of sp³-hybridized carbons (Fsp3) is 0.222. The molecule has 1 aromatic heterocycles. The van der Waals surface area contributed by atoms with Crippen LogP contribution in [0.15, 0.2) is 54.7 Å². The van der Waals surface area contributed by atoms with Crippen LogP contribution in [0.5, 0.6) is 5.75 Å². The van der Waals surface area contributed by atoms with Gasteiger partial charge in [0.2, 0.25) is 0 Å². The van der Waals surface area contributed by atoms with E-state index in [0.29, 0.717) is 0 Å². The molecule has 108 valence electrons. The van der Waals surface area contributed by atoms with Crippen LogP contribution in [0.1, 0.15) is 18.9 Å². The summed E-state index contributed by atoms with van der Waals surface area (Å²) in [5, 5.41) is 4.74. The molecule has 0 saturated carbocycles. The molecule has 0 bridgehead atoms. The van der Waals surface area contributed by atoms with Gasteiger partial charge in [-0.05, 0) is 36.2 Å². The number of rotatable bonds is 6. The highest BCUT2D eigenvalue weighted by Crippen LogP contribution is 2.25. The molecule has 0 fully saturated rings. The summed E-state index contributed by atoms with van der Waals surface area (Å²) in [6.45, 7) is 3.64. The molecule has 0 aliphatic carbocycles. The highest BCUT2D eigenvalue weighted by Gasteiger charge is 2.05. The summed E-state index contributed by atoms with van der Waals surface area (Å²) in [6.07, 6.45) is 2.99. The van der Waals surface area contributed by atoms with E-state index in [4.69, 9.17) is 4.74 Å². The maximum absolute atomic E-state index is 5.78. The van der Waals surface area contributed by atoms with E-state index in [1.54, 1.807) is 0 Å². The molecule has 0 unspecified atom stereocenters. The average molecular weight is 280 g/mol. The second-order valence-electron chi connectivity index (χ2n) is 5.05. The third kappa shape index (κ3) is 3.02. The first kappa shape index (κ1) is 13.6.